The van der Waals surface area contributed by atoms with Crippen molar-refractivity contribution in [3.8, 4) is 0 Å². The molecular weight excluding hydrogens is 278 g/mol. The normalized spacial score (nSPS) is 11.2. The molecule has 0 radical (unpaired) electrons. The number of para-hydroxylation sites is 1. The molecule has 1 heteroatoms. The van der Waals surface area contributed by atoms with Crippen molar-refractivity contribution in [1.29, 1.82) is 0 Å². The van der Waals surface area contributed by atoms with Gasteiger partial charge in [0.1, 0.15) is 0 Å². The summed E-state index contributed by atoms with van der Waals surface area (Å²) >= 11 is 0. The number of nitrogens with zero attached hydrogens (tertiary/aromatic N) is 1. The smallest absolute Gasteiger partial charge is 0.0493 e. The molecule has 1 heterocycles. The molecule has 0 fully saturated rings. The van der Waals surface area contributed by atoms with E-state index >= 15 is 0 Å². The van der Waals surface area contributed by atoms with Crippen LogP contribution >= 0.6 is 0 Å². The van der Waals surface area contributed by atoms with Crippen LogP contribution in [0.1, 0.15) is 22.7 Å². The predicted octanol–water partition coefficient (Wildman–Crippen LogP) is 5.36. The summed E-state index contributed by atoms with van der Waals surface area (Å²) in [6.07, 6.45) is 0. The summed E-state index contributed by atoms with van der Waals surface area (Å²) in [7, 11) is 2.16. The van der Waals surface area contributed by atoms with Gasteiger partial charge in [0.2, 0.25) is 0 Å². The Morgan fingerprint density at radius 2 is 1.17 bits per heavy atom. The van der Waals surface area contributed by atoms with Crippen LogP contribution in [0.25, 0.3) is 10.9 Å². The zero-order chi connectivity index (χ0) is 15.6. The largest absolute Gasteiger partial charge is 0.347 e. The number of benzene rings is 3. The van der Waals surface area contributed by atoms with Gasteiger partial charge in [-0.15, -0.1) is 0 Å². The summed E-state index contributed by atoms with van der Waals surface area (Å²) in [5.41, 5.74) is 5.25. The van der Waals surface area contributed by atoms with Crippen LogP contribution in [0.15, 0.2) is 91.0 Å². The van der Waals surface area contributed by atoms with Crippen LogP contribution < -0.4 is 0 Å². The molecule has 0 bridgehead atoms. The Kier molecular flexibility index (Phi) is 3.47. The average molecular weight is 297 g/mol. The van der Waals surface area contributed by atoms with Gasteiger partial charge in [-0.3, -0.25) is 0 Å². The molecule has 0 N–H and O–H groups in total. The van der Waals surface area contributed by atoms with E-state index in [1.165, 1.54) is 27.7 Å². The Morgan fingerprint density at radius 3 is 1.74 bits per heavy atom. The van der Waals surface area contributed by atoms with Crippen molar-refractivity contribution in [2.45, 2.75) is 5.92 Å². The highest BCUT2D eigenvalue weighted by Crippen LogP contribution is 2.34. The van der Waals surface area contributed by atoms with E-state index in [1.807, 2.05) is 0 Å². The van der Waals surface area contributed by atoms with Gasteiger partial charge in [0.05, 0.1) is 0 Å². The number of hydrogen-bond donors (Lipinski definition) is 0. The maximum Gasteiger partial charge on any atom is 0.0493 e. The predicted molar refractivity (Wildman–Crippen MR) is 96.7 cm³/mol. The van der Waals surface area contributed by atoms with Crippen LogP contribution in [0.3, 0.4) is 0 Å². The van der Waals surface area contributed by atoms with Crippen LogP contribution in [0.2, 0.25) is 0 Å². The molecule has 23 heavy (non-hydrogen) atoms. The Labute approximate surface area is 136 Å². The van der Waals surface area contributed by atoms with Crippen molar-refractivity contribution in [1.82, 2.24) is 4.57 Å². The van der Waals surface area contributed by atoms with Crippen molar-refractivity contribution in [2.75, 3.05) is 0 Å². The average Bonchev–Trinajstić information content (AvgIpc) is 2.94. The first-order valence-corrected chi connectivity index (χ1v) is 7.99. The molecule has 4 rings (SSSR count). The molecule has 1 nitrogen and oxygen atoms in total. The summed E-state index contributed by atoms with van der Waals surface area (Å²) in [4.78, 5) is 0. The number of aryl methyl sites for hydroxylation is 1. The van der Waals surface area contributed by atoms with Crippen molar-refractivity contribution < 1.29 is 0 Å². The third-order valence-electron chi connectivity index (χ3n) is 4.55. The van der Waals surface area contributed by atoms with Gasteiger partial charge >= 0.3 is 0 Å². The van der Waals surface area contributed by atoms with Crippen LogP contribution in [0, 0.1) is 0 Å². The number of fused-ring (bicyclic) bond motifs is 1. The Hall–Kier alpha value is -2.80. The van der Waals surface area contributed by atoms with E-state index in [4.69, 9.17) is 0 Å². The first-order chi connectivity index (χ1) is 11.3. The lowest BCUT2D eigenvalue weighted by Gasteiger charge is -2.19. The molecule has 0 amide bonds. The van der Waals surface area contributed by atoms with E-state index in [0.29, 0.717) is 0 Å². The number of aromatic nitrogens is 1. The SMILES string of the molecule is Cn1c(C(c2ccccc2)c2ccccc2)cc2ccccc21. The standard InChI is InChI=1S/C22H19N/c1-23-20-15-9-8-14-19(20)16-21(23)22(17-10-4-2-5-11-17)18-12-6-3-7-13-18/h2-16,22H,1H3. The number of hydrogen-bond acceptors (Lipinski definition) is 0. The van der Waals surface area contributed by atoms with Gasteiger partial charge in [0, 0.05) is 24.2 Å². The van der Waals surface area contributed by atoms with Gasteiger partial charge in [-0.2, -0.15) is 0 Å². The van der Waals surface area contributed by atoms with E-state index in [0.717, 1.165) is 0 Å². The molecule has 0 saturated heterocycles. The summed E-state index contributed by atoms with van der Waals surface area (Å²) in [6, 6.07) is 32.4. The third kappa shape index (κ3) is 2.44. The monoisotopic (exact) mass is 297 g/mol. The Balaban J connectivity index is 1.96. The molecule has 0 saturated carbocycles. The molecule has 0 aliphatic carbocycles. The quantitative estimate of drug-likeness (QED) is 0.480. The molecule has 0 aliphatic rings. The van der Waals surface area contributed by atoms with Crippen LogP contribution in [-0.2, 0) is 7.05 Å². The second kappa shape index (κ2) is 5.77. The first-order valence-electron chi connectivity index (χ1n) is 7.99. The molecule has 4 aromatic rings. The molecule has 0 unspecified atom stereocenters. The van der Waals surface area contributed by atoms with Gasteiger partial charge in [0.15, 0.2) is 0 Å². The molecule has 0 atom stereocenters. The van der Waals surface area contributed by atoms with Crippen molar-refractivity contribution in [2.24, 2.45) is 7.05 Å². The van der Waals surface area contributed by atoms with Gasteiger partial charge in [-0.1, -0.05) is 78.9 Å². The zero-order valence-electron chi connectivity index (χ0n) is 13.2. The molecule has 0 spiro atoms. The fourth-order valence-corrected chi connectivity index (χ4v) is 3.41. The van der Waals surface area contributed by atoms with E-state index < -0.39 is 0 Å². The number of rotatable bonds is 3. The van der Waals surface area contributed by atoms with E-state index in [9.17, 15) is 0 Å². The molecular formula is C22H19N. The highest BCUT2D eigenvalue weighted by Gasteiger charge is 2.20. The molecule has 0 aliphatic heterocycles. The molecule has 3 aromatic carbocycles. The summed E-state index contributed by atoms with van der Waals surface area (Å²) in [6.45, 7) is 0. The fourth-order valence-electron chi connectivity index (χ4n) is 3.41. The highest BCUT2D eigenvalue weighted by molar-refractivity contribution is 5.81. The lowest BCUT2D eigenvalue weighted by atomic mass is 9.88. The van der Waals surface area contributed by atoms with Crippen molar-refractivity contribution >= 4 is 10.9 Å². The fraction of sp³-hybridized carbons (Fsp3) is 0.0909. The maximum atomic E-state index is 2.32. The molecule has 1 aromatic heterocycles. The minimum atomic E-state index is 0.245. The third-order valence-corrected chi connectivity index (χ3v) is 4.55. The molecule has 112 valence electrons. The first kappa shape index (κ1) is 13.8. The highest BCUT2D eigenvalue weighted by atomic mass is 14.9. The summed E-state index contributed by atoms with van der Waals surface area (Å²) in [5.74, 6) is 0.245. The lowest BCUT2D eigenvalue weighted by molar-refractivity contribution is 0.815. The summed E-state index contributed by atoms with van der Waals surface area (Å²) in [5, 5.41) is 1.29. The van der Waals surface area contributed by atoms with Crippen LogP contribution in [-0.4, -0.2) is 4.57 Å². The second-order valence-electron chi connectivity index (χ2n) is 5.94. The maximum absolute atomic E-state index is 2.32. The summed E-state index contributed by atoms with van der Waals surface area (Å²) < 4.78 is 2.32. The minimum Gasteiger partial charge on any atom is -0.347 e. The van der Waals surface area contributed by atoms with Crippen molar-refractivity contribution in [3.63, 3.8) is 0 Å². The topological polar surface area (TPSA) is 4.93 Å². The van der Waals surface area contributed by atoms with Gasteiger partial charge < -0.3 is 4.57 Å². The van der Waals surface area contributed by atoms with Crippen molar-refractivity contribution in [3.05, 3.63) is 108 Å². The Bertz CT molecular complexity index is 881. The van der Waals surface area contributed by atoms with Crippen LogP contribution in [0.4, 0.5) is 0 Å². The van der Waals surface area contributed by atoms with E-state index in [2.05, 4.69) is 103 Å². The zero-order valence-corrected chi connectivity index (χ0v) is 13.2. The van der Waals surface area contributed by atoms with Gasteiger partial charge in [-0.05, 0) is 28.6 Å². The second-order valence-corrected chi connectivity index (χ2v) is 5.94. The Morgan fingerprint density at radius 1 is 0.652 bits per heavy atom. The van der Waals surface area contributed by atoms with Gasteiger partial charge in [-0.25, -0.2) is 0 Å². The minimum absolute atomic E-state index is 0.245. The lowest BCUT2D eigenvalue weighted by Crippen LogP contribution is -2.08. The van der Waals surface area contributed by atoms with E-state index in [1.54, 1.807) is 0 Å². The van der Waals surface area contributed by atoms with Crippen LogP contribution in [0.5, 0.6) is 0 Å². The van der Waals surface area contributed by atoms with Gasteiger partial charge in [0.25, 0.3) is 0 Å². The van der Waals surface area contributed by atoms with E-state index in [-0.39, 0.29) is 5.92 Å².